The van der Waals surface area contributed by atoms with Gasteiger partial charge in [-0.2, -0.15) is 0 Å². The molecule has 0 unspecified atom stereocenters. The van der Waals surface area contributed by atoms with Gasteiger partial charge < -0.3 is 0 Å². The van der Waals surface area contributed by atoms with Crippen LogP contribution in [0.3, 0.4) is 0 Å². The number of hydrogen-bond donors (Lipinski definition) is 2. The van der Waals surface area contributed by atoms with Gasteiger partial charge in [0.2, 0.25) is 0 Å². The Morgan fingerprint density at radius 2 is 1.18 bits per heavy atom. The molecule has 0 saturated carbocycles. The van der Waals surface area contributed by atoms with Gasteiger partial charge in [-0.15, -0.1) is 0 Å². The Morgan fingerprint density at radius 1 is 0.679 bits per heavy atom. The van der Waals surface area contributed by atoms with Crippen molar-refractivity contribution >= 4 is 43.0 Å². The highest BCUT2D eigenvalue weighted by molar-refractivity contribution is 7.93. The van der Waals surface area contributed by atoms with Crippen LogP contribution in [-0.2, 0) is 20.0 Å². The molecule has 0 saturated heterocycles. The van der Waals surface area contributed by atoms with E-state index in [1.54, 1.807) is 30.3 Å². The molecule has 3 aromatic rings. The Balaban J connectivity index is 1.79. The van der Waals surface area contributed by atoms with Crippen LogP contribution in [0.15, 0.2) is 82.6 Å². The van der Waals surface area contributed by atoms with Crippen molar-refractivity contribution < 1.29 is 21.2 Å². The van der Waals surface area contributed by atoms with E-state index in [-0.39, 0.29) is 20.5 Å². The summed E-state index contributed by atoms with van der Waals surface area (Å²) in [4.78, 5) is -0.259. The van der Waals surface area contributed by atoms with Crippen LogP contribution < -0.4 is 9.44 Å². The Kier molecular flexibility index (Phi) is 5.59. The lowest BCUT2D eigenvalue weighted by atomic mass is 10.3. The van der Waals surface area contributed by atoms with E-state index in [1.807, 2.05) is 0 Å². The molecule has 0 atom stereocenters. The minimum absolute atomic E-state index is 0.0378. The van der Waals surface area contributed by atoms with Crippen molar-refractivity contribution in [3.63, 3.8) is 0 Å². The van der Waals surface area contributed by atoms with E-state index < -0.39 is 25.9 Å². The second-order valence-electron chi connectivity index (χ2n) is 5.68. The molecular weight excluding hydrogens is 427 g/mol. The smallest absolute Gasteiger partial charge is 0.261 e. The van der Waals surface area contributed by atoms with Gasteiger partial charge in [-0.25, -0.2) is 21.2 Å². The molecule has 10 heteroatoms. The summed E-state index contributed by atoms with van der Waals surface area (Å²) in [6.07, 6.45) is 0. The number of para-hydroxylation sites is 1. The first-order valence-corrected chi connectivity index (χ1v) is 11.2. The molecule has 0 radical (unpaired) electrons. The van der Waals surface area contributed by atoms with Crippen LogP contribution in [0.25, 0.3) is 0 Å². The second-order valence-corrected chi connectivity index (χ2v) is 9.45. The fraction of sp³-hybridized carbons (Fsp3) is 0. The molecule has 0 aliphatic heterocycles. The van der Waals surface area contributed by atoms with Gasteiger partial charge in [-0.1, -0.05) is 29.8 Å². The number of nitrogens with one attached hydrogen (secondary N) is 2. The SMILES string of the molecule is O=S(=O)(Nc1ccccc1)c1ccc(NS(=O)(=O)c2ccc(F)c(Cl)c2)cc1. The van der Waals surface area contributed by atoms with Crippen LogP contribution in [0.4, 0.5) is 15.8 Å². The molecule has 0 aromatic heterocycles. The van der Waals surface area contributed by atoms with Gasteiger partial charge in [0, 0.05) is 11.4 Å². The summed E-state index contributed by atoms with van der Waals surface area (Å²) in [6, 6.07) is 16.5. The third kappa shape index (κ3) is 4.61. The van der Waals surface area contributed by atoms with Crippen LogP contribution in [0, 0.1) is 5.82 Å². The average Bonchev–Trinajstić information content (AvgIpc) is 2.64. The van der Waals surface area contributed by atoms with Crippen LogP contribution in [0.5, 0.6) is 0 Å². The van der Waals surface area contributed by atoms with Crippen molar-refractivity contribution in [2.75, 3.05) is 9.44 Å². The summed E-state index contributed by atoms with van der Waals surface area (Å²) < 4.78 is 67.4. The maximum Gasteiger partial charge on any atom is 0.261 e. The fourth-order valence-corrected chi connectivity index (χ4v) is 4.67. The van der Waals surface area contributed by atoms with E-state index in [4.69, 9.17) is 11.6 Å². The summed E-state index contributed by atoms with van der Waals surface area (Å²) in [5.74, 6) is -0.735. The summed E-state index contributed by atoms with van der Waals surface area (Å²) in [5.41, 5.74) is 0.541. The lowest BCUT2D eigenvalue weighted by molar-refractivity contribution is 0.599. The van der Waals surface area contributed by atoms with Gasteiger partial charge >= 0.3 is 0 Å². The first-order valence-electron chi connectivity index (χ1n) is 7.83. The molecule has 0 amide bonds. The number of benzene rings is 3. The molecule has 3 aromatic carbocycles. The topological polar surface area (TPSA) is 92.3 Å². The van der Waals surface area contributed by atoms with Crippen LogP contribution in [0.1, 0.15) is 0 Å². The van der Waals surface area contributed by atoms with Gasteiger partial charge in [-0.3, -0.25) is 9.44 Å². The van der Waals surface area contributed by atoms with E-state index in [9.17, 15) is 21.2 Å². The number of sulfonamides is 2. The van der Waals surface area contributed by atoms with Crippen molar-refractivity contribution in [1.29, 1.82) is 0 Å². The van der Waals surface area contributed by atoms with Crippen LogP contribution >= 0.6 is 11.6 Å². The maximum absolute atomic E-state index is 13.2. The molecule has 0 heterocycles. The molecule has 0 aliphatic carbocycles. The molecule has 146 valence electrons. The summed E-state index contributed by atoms with van der Waals surface area (Å²) in [7, 11) is -7.84. The minimum atomic E-state index is -4.02. The van der Waals surface area contributed by atoms with E-state index in [1.165, 1.54) is 24.3 Å². The number of anilines is 2. The van der Waals surface area contributed by atoms with Gasteiger partial charge in [0.05, 0.1) is 14.8 Å². The first kappa shape index (κ1) is 20.1. The highest BCUT2D eigenvalue weighted by Crippen LogP contribution is 2.23. The quantitative estimate of drug-likeness (QED) is 0.604. The number of rotatable bonds is 6. The van der Waals surface area contributed by atoms with Crippen LogP contribution in [0.2, 0.25) is 5.02 Å². The highest BCUT2D eigenvalue weighted by atomic mass is 35.5. The standard InChI is InChI=1S/C18H14ClFN2O4S2/c19-17-12-16(10-11-18(17)20)28(25,26)22-14-6-8-15(9-7-14)27(23,24)21-13-4-2-1-3-5-13/h1-12,21-22H. The Labute approximate surface area is 167 Å². The predicted molar refractivity (Wildman–Crippen MR) is 106 cm³/mol. The molecular formula is C18H14ClFN2O4S2. The Hall–Kier alpha value is -2.62. The normalized spacial score (nSPS) is 11.8. The Morgan fingerprint density at radius 3 is 1.75 bits per heavy atom. The van der Waals surface area contributed by atoms with E-state index >= 15 is 0 Å². The van der Waals surface area contributed by atoms with Crippen LogP contribution in [-0.4, -0.2) is 16.8 Å². The molecule has 0 aliphatic rings. The number of hydrogen-bond acceptors (Lipinski definition) is 4. The second kappa shape index (κ2) is 7.78. The van der Waals surface area contributed by atoms with Crippen molar-refractivity contribution in [3.8, 4) is 0 Å². The average molecular weight is 441 g/mol. The lowest BCUT2D eigenvalue weighted by Gasteiger charge is -2.11. The maximum atomic E-state index is 13.2. The molecule has 6 nitrogen and oxygen atoms in total. The summed E-state index contributed by atoms with van der Waals surface area (Å²) in [5, 5.41) is -0.323. The monoisotopic (exact) mass is 440 g/mol. The minimum Gasteiger partial charge on any atom is -0.280 e. The zero-order valence-electron chi connectivity index (χ0n) is 14.1. The van der Waals surface area contributed by atoms with Gasteiger partial charge in [-0.05, 0) is 54.6 Å². The third-order valence-electron chi connectivity index (χ3n) is 3.64. The van der Waals surface area contributed by atoms with Gasteiger partial charge in [0.1, 0.15) is 5.82 Å². The first-order chi connectivity index (χ1) is 13.2. The fourth-order valence-electron chi connectivity index (χ4n) is 2.28. The number of halogens is 2. The molecule has 3 rings (SSSR count). The van der Waals surface area contributed by atoms with Crippen molar-refractivity contribution in [1.82, 2.24) is 0 Å². The largest absolute Gasteiger partial charge is 0.280 e. The predicted octanol–water partition coefficient (Wildman–Crippen LogP) is 4.08. The zero-order chi connectivity index (χ0) is 20.4. The highest BCUT2D eigenvalue weighted by Gasteiger charge is 2.18. The van der Waals surface area contributed by atoms with Gasteiger partial charge in [0.15, 0.2) is 0 Å². The van der Waals surface area contributed by atoms with E-state index in [2.05, 4.69) is 9.44 Å². The van der Waals surface area contributed by atoms with Crippen molar-refractivity contribution in [3.05, 3.63) is 83.6 Å². The molecule has 28 heavy (non-hydrogen) atoms. The summed E-state index contributed by atoms with van der Waals surface area (Å²) in [6.45, 7) is 0. The molecule has 0 spiro atoms. The molecule has 2 N–H and O–H groups in total. The van der Waals surface area contributed by atoms with Crippen molar-refractivity contribution in [2.45, 2.75) is 9.79 Å². The third-order valence-corrected chi connectivity index (χ3v) is 6.71. The lowest BCUT2D eigenvalue weighted by Crippen LogP contribution is -2.14. The molecule has 0 bridgehead atoms. The molecule has 0 fully saturated rings. The van der Waals surface area contributed by atoms with Gasteiger partial charge in [0.25, 0.3) is 20.0 Å². The van der Waals surface area contributed by atoms with Crippen molar-refractivity contribution in [2.24, 2.45) is 0 Å². The Bertz CT molecular complexity index is 1200. The zero-order valence-corrected chi connectivity index (χ0v) is 16.5. The van der Waals surface area contributed by atoms with E-state index in [0.29, 0.717) is 5.69 Å². The van der Waals surface area contributed by atoms with E-state index in [0.717, 1.165) is 18.2 Å². The summed E-state index contributed by atoms with van der Waals surface area (Å²) >= 11 is 5.62.